The van der Waals surface area contributed by atoms with Crippen molar-refractivity contribution in [3.05, 3.63) is 46.9 Å². The van der Waals surface area contributed by atoms with Crippen LogP contribution in [0, 0.1) is 11.7 Å². The van der Waals surface area contributed by atoms with Gasteiger partial charge in [0.15, 0.2) is 27.2 Å². The van der Waals surface area contributed by atoms with Crippen molar-refractivity contribution in [3.8, 4) is 22.2 Å². The fourth-order valence-electron chi connectivity index (χ4n) is 2.98. The van der Waals surface area contributed by atoms with Crippen LogP contribution in [0.4, 0.5) is 5.13 Å². The van der Waals surface area contributed by atoms with Crippen LogP contribution in [-0.2, 0) is 17.8 Å². The molecule has 0 spiro atoms. The monoisotopic (exact) mass is 429 g/mol. The zero-order chi connectivity index (χ0) is 20.4. The molecule has 0 radical (unpaired) electrons. The number of nitrogens with zero attached hydrogens (tertiary/aromatic N) is 3. The lowest BCUT2D eigenvalue weighted by Gasteiger charge is -2.04. The number of aromatic nitrogens is 4. The van der Waals surface area contributed by atoms with Crippen molar-refractivity contribution in [1.29, 1.82) is 0 Å². The Kier molecular flexibility index (Phi) is 5.45. The number of hydrogen-bond acceptors (Lipinski definition) is 7. The molecule has 4 rings (SSSR count). The van der Waals surface area contributed by atoms with E-state index < -0.39 is 0 Å². The van der Waals surface area contributed by atoms with E-state index in [2.05, 4.69) is 27.1 Å². The second-order valence-corrected chi connectivity index (χ2v) is 7.81. The van der Waals surface area contributed by atoms with E-state index in [0.29, 0.717) is 35.1 Å². The highest BCUT2D eigenvalue weighted by atomic mass is 32.1. The Balaban J connectivity index is 1.42. The van der Waals surface area contributed by atoms with Crippen molar-refractivity contribution < 1.29 is 14.3 Å². The molecule has 0 saturated heterocycles. The lowest BCUT2D eigenvalue weighted by molar-refractivity contribution is -0.116. The molecule has 2 aromatic heterocycles. The smallest absolute Gasteiger partial charge is 0.231 e. The second-order valence-electron chi connectivity index (χ2n) is 6.42. The van der Waals surface area contributed by atoms with Gasteiger partial charge in [0.25, 0.3) is 0 Å². The van der Waals surface area contributed by atoms with Crippen LogP contribution in [0.2, 0.25) is 0 Å². The molecule has 3 aromatic rings. The number of fused-ring (bicyclic) bond motifs is 1. The molecule has 0 unspecified atom stereocenters. The Labute approximate surface area is 176 Å². The third-order valence-electron chi connectivity index (χ3n) is 4.39. The summed E-state index contributed by atoms with van der Waals surface area (Å²) in [5, 5.41) is 10.5. The predicted octanol–water partition coefficient (Wildman–Crippen LogP) is 3.86. The number of nitrogens with one attached hydrogen (secondary N) is 2. The number of carbonyl (C=O) groups is 1. The largest absolute Gasteiger partial charge is 0.454 e. The minimum absolute atomic E-state index is 0.104. The summed E-state index contributed by atoms with van der Waals surface area (Å²) in [7, 11) is 0. The molecule has 1 aromatic carbocycles. The minimum Gasteiger partial charge on any atom is -0.454 e. The van der Waals surface area contributed by atoms with Crippen molar-refractivity contribution >= 4 is 34.6 Å². The predicted molar refractivity (Wildman–Crippen MR) is 113 cm³/mol. The van der Waals surface area contributed by atoms with Crippen LogP contribution in [0.5, 0.6) is 11.5 Å². The van der Waals surface area contributed by atoms with Gasteiger partial charge in [-0.1, -0.05) is 23.5 Å². The molecule has 2 N–H and O–H groups in total. The first kappa shape index (κ1) is 19.3. The van der Waals surface area contributed by atoms with Gasteiger partial charge < -0.3 is 14.8 Å². The molecule has 10 heteroatoms. The van der Waals surface area contributed by atoms with Gasteiger partial charge in [0.2, 0.25) is 12.7 Å². The Morgan fingerprint density at radius 3 is 3.10 bits per heavy atom. The molecular weight excluding hydrogens is 410 g/mol. The Morgan fingerprint density at radius 2 is 2.28 bits per heavy atom. The number of aromatic amines is 1. The zero-order valence-electron chi connectivity index (χ0n) is 15.7. The first-order chi connectivity index (χ1) is 14.0. The van der Waals surface area contributed by atoms with E-state index in [4.69, 9.17) is 21.7 Å². The van der Waals surface area contributed by atoms with Crippen LogP contribution in [-0.4, -0.2) is 32.4 Å². The summed E-state index contributed by atoms with van der Waals surface area (Å²) in [5.41, 5.74) is 1.79. The van der Waals surface area contributed by atoms with Gasteiger partial charge in [-0.2, -0.15) is 5.10 Å². The number of amides is 1. The standard InChI is InChI=1S/C19H19N5O3S2/c1-3-8-24-17(22-23-19(24)28)16-11(2)20-18(29-16)21-15(25)7-5-12-4-6-13-14(9-12)27-10-26-13/h3-4,6,9H,1,5,7-8,10H2,2H3,(H,23,28)(H,20,21,25). The number of benzene rings is 1. The molecule has 8 nitrogen and oxygen atoms in total. The number of allylic oxidation sites excluding steroid dienone is 1. The van der Waals surface area contributed by atoms with Crippen LogP contribution in [0.1, 0.15) is 17.7 Å². The fourth-order valence-corrected chi connectivity index (χ4v) is 4.17. The minimum atomic E-state index is -0.104. The molecule has 1 aliphatic rings. The van der Waals surface area contributed by atoms with E-state index in [1.54, 1.807) is 6.08 Å². The molecular formula is C19H19N5O3S2. The van der Waals surface area contributed by atoms with E-state index in [1.807, 2.05) is 29.7 Å². The van der Waals surface area contributed by atoms with E-state index in [-0.39, 0.29) is 12.7 Å². The number of ether oxygens (including phenoxy) is 2. The van der Waals surface area contributed by atoms with Crippen molar-refractivity contribution in [1.82, 2.24) is 19.7 Å². The summed E-state index contributed by atoms with van der Waals surface area (Å²) in [6.45, 7) is 6.41. The average Bonchev–Trinajstić information content (AvgIpc) is 3.40. The molecule has 0 aliphatic carbocycles. The maximum atomic E-state index is 12.4. The second kappa shape index (κ2) is 8.18. The Hall–Kier alpha value is -2.98. The van der Waals surface area contributed by atoms with Gasteiger partial charge in [0.1, 0.15) is 0 Å². The molecule has 0 fully saturated rings. The first-order valence-corrected chi connectivity index (χ1v) is 10.2. The fraction of sp³-hybridized carbons (Fsp3) is 0.263. The maximum absolute atomic E-state index is 12.4. The molecule has 0 saturated carbocycles. The van der Waals surface area contributed by atoms with Crippen LogP contribution in [0.25, 0.3) is 10.7 Å². The number of rotatable bonds is 7. The number of H-pyrrole nitrogens is 1. The molecule has 29 heavy (non-hydrogen) atoms. The summed E-state index contributed by atoms with van der Waals surface area (Å²) in [6.07, 6.45) is 2.69. The molecule has 150 valence electrons. The van der Waals surface area contributed by atoms with Gasteiger partial charge in [0, 0.05) is 13.0 Å². The van der Waals surface area contributed by atoms with Crippen LogP contribution >= 0.6 is 23.6 Å². The lowest BCUT2D eigenvalue weighted by Crippen LogP contribution is -2.12. The summed E-state index contributed by atoms with van der Waals surface area (Å²) >= 11 is 6.63. The third-order valence-corrected chi connectivity index (χ3v) is 5.77. The van der Waals surface area contributed by atoms with Crippen molar-refractivity contribution in [2.75, 3.05) is 12.1 Å². The summed E-state index contributed by atoms with van der Waals surface area (Å²) < 4.78 is 13.0. The number of anilines is 1. The van der Waals surface area contributed by atoms with E-state index in [9.17, 15) is 4.79 Å². The molecule has 1 aliphatic heterocycles. The van der Waals surface area contributed by atoms with Crippen molar-refractivity contribution in [2.24, 2.45) is 0 Å². The Morgan fingerprint density at radius 1 is 1.45 bits per heavy atom. The van der Waals surface area contributed by atoms with E-state index in [0.717, 1.165) is 27.6 Å². The summed E-state index contributed by atoms with van der Waals surface area (Å²) in [5.74, 6) is 2.04. The van der Waals surface area contributed by atoms with Gasteiger partial charge in [0.05, 0.1) is 10.6 Å². The number of hydrogen-bond donors (Lipinski definition) is 2. The SMILES string of the molecule is C=CCn1c(-c2sc(NC(=O)CCc3ccc4c(c3)OCO4)nc2C)n[nH]c1=S. The number of thiazole rings is 1. The third kappa shape index (κ3) is 4.08. The highest BCUT2D eigenvalue weighted by Crippen LogP contribution is 2.33. The summed E-state index contributed by atoms with van der Waals surface area (Å²) in [6, 6.07) is 5.71. The van der Waals surface area contributed by atoms with Crippen LogP contribution < -0.4 is 14.8 Å². The first-order valence-electron chi connectivity index (χ1n) is 8.97. The van der Waals surface area contributed by atoms with Gasteiger partial charge in [-0.15, -0.1) is 6.58 Å². The molecule has 3 heterocycles. The highest BCUT2D eigenvalue weighted by molar-refractivity contribution is 7.71. The maximum Gasteiger partial charge on any atom is 0.231 e. The van der Waals surface area contributed by atoms with Crippen molar-refractivity contribution in [3.63, 3.8) is 0 Å². The lowest BCUT2D eigenvalue weighted by atomic mass is 10.1. The number of aryl methyl sites for hydroxylation is 2. The molecule has 0 bridgehead atoms. The van der Waals surface area contributed by atoms with Crippen LogP contribution in [0.3, 0.4) is 0 Å². The van der Waals surface area contributed by atoms with Gasteiger partial charge in [-0.25, -0.2) is 4.98 Å². The molecule has 1 amide bonds. The Bertz CT molecular complexity index is 1130. The van der Waals surface area contributed by atoms with Crippen LogP contribution in [0.15, 0.2) is 30.9 Å². The van der Waals surface area contributed by atoms with E-state index in [1.165, 1.54) is 11.3 Å². The number of carbonyl (C=O) groups excluding carboxylic acids is 1. The molecule has 0 atom stereocenters. The topological polar surface area (TPSA) is 94.1 Å². The quantitative estimate of drug-likeness (QED) is 0.438. The van der Waals surface area contributed by atoms with Gasteiger partial charge >= 0.3 is 0 Å². The van der Waals surface area contributed by atoms with Gasteiger partial charge in [-0.3, -0.25) is 14.5 Å². The van der Waals surface area contributed by atoms with Gasteiger partial charge in [-0.05, 0) is 43.3 Å². The van der Waals surface area contributed by atoms with Crippen molar-refractivity contribution in [2.45, 2.75) is 26.3 Å². The zero-order valence-corrected chi connectivity index (χ0v) is 17.4. The summed E-state index contributed by atoms with van der Waals surface area (Å²) in [4.78, 5) is 17.7. The van der Waals surface area contributed by atoms with E-state index >= 15 is 0 Å². The highest BCUT2D eigenvalue weighted by Gasteiger charge is 2.18. The normalized spacial score (nSPS) is 12.2. The average molecular weight is 430 g/mol.